The smallest absolute Gasteiger partial charge is 0.249 e. The van der Waals surface area contributed by atoms with Gasteiger partial charge in [-0.2, -0.15) is 5.26 Å². The summed E-state index contributed by atoms with van der Waals surface area (Å²) in [5, 5.41) is 8.74. The standard InChI is InChI=1S/C10H8N2O3/c1-15-9-6(4-11)2-3-7(10(12)14)8(9)5-13/h2-3,5H,1H3,(H2,12,14). The van der Waals surface area contributed by atoms with E-state index in [9.17, 15) is 9.59 Å². The molecule has 0 heterocycles. The van der Waals surface area contributed by atoms with E-state index in [2.05, 4.69) is 0 Å². The number of ether oxygens (including phenoxy) is 1. The molecule has 5 nitrogen and oxygen atoms in total. The number of amides is 1. The zero-order valence-corrected chi connectivity index (χ0v) is 7.98. The lowest BCUT2D eigenvalue weighted by molar-refractivity contribution is 0.0992. The van der Waals surface area contributed by atoms with Crippen LogP contribution in [0.4, 0.5) is 0 Å². The van der Waals surface area contributed by atoms with Crippen LogP contribution in [-0.2, 0) is 0 Å². The number of aldehydes is 1. The first-order valence-corrected chi connectivity index (χ1v) is 4.01. The minimum atomic E-state index is -0.736. The number of benzene rings is 1. The number of nitrogens with two attached hydrogens (primary N) is 1. The Morgan fingerprint density at radius 2 is 2.27 bits per heavy atom. The second kappa shape index (κ2) is 4.24. The van der Waals surface area contributed by atoms with Gasteiger partial charge in [0.05, 0.1) is 23.8 Å². The molecule has 1 amide bonds. The third-order valence-corrected chi connectivity index (χ3v) is 1.90. The Morgan fingerprint density at radius 3 is 2.67 bits per heavy atom. The van der Waals surface area contributed by atoms with E-state index in [0.29, 0.717) is 6.29 Å². The number of nitriles is 1. The average molecular weight is 204 g/mol. The second-order valence-corrected chi connectivity index (χ2v) is 2.70. The minimum Gasteiger partial charge on any atom is -0.495 e. The third-order valence-electron chi connectivity index (χ3n) is 1.90. The highest BCUT2D eigenvalue weighted by Gasteiger charge is 2.16. The number of carbonyl (C=O) groups is 2. The predicted molar refractivity (Wildman–Crippen MR) is 51.6 cm³/mol. The molecule has 0 spiro atoms. The van der Waals surface area contributed by atoms with E-state index in [-0.39, 0.29) is 22.4 Å². The summed E-state index contributed by atoms with van der Waals surface area (Å²) in [6.45, 7) is 0. The first kappa shape index (κ1) is 10.7. The molecule has 0 aliphatic heterocycles. The Morgan fingerprint density at radius 1 is 1.60 bits per heavy atom. The molecule has 0 aromatic heterocycles. The van der Waals surface area contributed by atoms with Gasteiger partial charge in [-0.15, -0.1) is 0 Å². The summed E-state index contributed by atoms with van der Waals surface area (Å²) in [5.74, 6) is -0.663. The predicted octanol–water partition coefficient (Wildman–Crippen LogP) is 0.478. The lowest BCUT2D eigenvalue weighted by Crippen LogP contribution is -2.14. The van der Waals surface area contributed by atoms with Gasteiger partial charge in [0.1, 0.15) is 11.8 Å². The Kier molecular flexibility index (Phi) is 3.03. The van der Waals surface area contributed by atoms with Crippen molar-refractivity contribution in [3.05, 3.63) is 28.8 Å². The van der Waals surface area contributed by atoms with Crippen molar-refractivity contribution in [2.45, 2.75) is 0 Å². The monoisotopic (exact) mass is 204 g/mol. The van der Waals surface area contributed by atoms with Crippen LogP contribution < -0.4 is 10.5 Å². The molecule has 0 unspecified atom stereocenters. The van der Waals surface area contributed by atoms with Crippen LogP contribution in [0.25, 0.3) is 0 Å². The van der Waals surface area contributed by atoms with Gasteiger partial charge in [-0.1, -0.05) is 0 Å². The van der Waals surface area contributed by atoms with Crippen LogP contribution in [0.5, 0.6) is 5.75 Å². The van der Waals surface area contributed by atoms with E-state index >= 15 is 0 Å². The molecular formula is C10H8N2O3. The number of methoxy groups -OCH3 is 1. The summed E-state index contributed by atoms with van der Waals surface area (Å²) in [6, 6.07) is 4.56. The normalized spacial score (nSPS) is 9.07. The molecule has 0 bridgehead atoms. The zero-order chi connectivity index (χ0) is 11.4. The van der Waals surface area contributed by atoms with Gasteiger partial charge < -0.3 is 10.5 Å². The van der Waals surface area contributed by atoms with Crippen LogP contribution in [-0.4, -0.2) is 19.3 Å². The molecule has 76 valence electrons. The summed E-state index contributed by atoms with van der Waals surface area (Å²) in [5.41, 5.74) is 5.30. The number of nitrogens with zero attached hydrogens (tertiary/aromatic N) is 1. The maximum absolute atomic E-state index is 11.0. The SMILES string of the molecule is COc1c(C#N)ccc(C(N)=O)c1C=O. The number of primary amides is 1. The molecule has 15 heavy (non-hydrogen) atoms. The van der Waals surface area contributed by atoms with Crippen molar-refractivity contribution in [3.8, 4) is 11.8 Å². The lowest BCUT2D eigenvalue weighted by atomic mass is 10.0. The Balaban J connectivity index is 3.56. The summed E-state index contributed by atoms with van der Waals surface area (Å²) in [4.78, 5) is 21.8. The van der Waals surface area contributed by atoms with Gasteiger partial charge in [0.15, 0.2) is 6.29 Å². The average Bonchev–Trinajstić information content (AvgIpc) is 2.26. The summed E-state index contributed by atoms with van der Waals surface area (Å²) in [7, 11) is 1.31. The van der Waals surface area contributed by atoms with Gasteiger partial charge in [-0.05, 0) is 12.1 Å². The summed E-state index contributed by atoms with van der Waals surface area (Å²) < 4.78 is 4.89. The van der Waals surface area contributed by atoms with Crippen LogP contribution >= 0.6 is 0 Å². The molecule has 5 heteroatoms. The van der Waals surface area contributed by atoms with Crippen molar-refractivity contribution >= 4 is 12.2 Å². The fourth-order valence-corrected chi connectivity index (χ4v) is 1.24. The number of carbonyl (C=O) groups excluding carboxylic acids is 2. The lowest BCUT2D eigenvalue weighted by Gasteiger charge is -2.08. The van der Waals surface area contributed by atoms with Crippen molar-refractivity contribution in [2.75, 3.05) is 7.11 Å². The first-order valence-electron chi connectivity index (χ1n) is 4.01. The van der Waals surface area contributed by atoms with Crippen LogP contribution in [0.2, 0.25) is 0 Å². The van der Waals surface area contributed by atoms with Crippen molar-refractivity contribution in [3.63, 3.8) is 0 Å². The molecule has 1 rings (SSSR count). The molecule has 2 N–H and O–H groups in total. The minimum absolute atomic E-state index is 0.00375. The van der Waals surface area contributed by atoms with Crippen LogP contribution in [0.15, 0.2) is 12.1 Å². The summed E-state index contributed by atoms with van der Waals surface area (Å²) in [6.07, 6.45) is 0.444. The molecule has 0 radical (unpaired) electrons. The van der Waals surface area contributed by atoms with E-state index in [1.807, 2.05) is 6.07 Å². The molecule has 0 saturated heterocycles. The van der Waals surface area contributed by atoms with E-state index < -0.39 is 5.91 Å². The van der Waals surface area contributed by atoms with Crippen molar-refractivity contribution < 1.29 is 14.3 Å². The second-order valence-electron chi connectivity index (χ2n) is 2.70. The number of hydrogen-bond donors (Lipinski definition) is 1. The molecule has 0 saturated carbocycles. The van der Waals surface area contributed by atoms with E-state index in [1.165, 1.54) is 19.2 Å². The Labute approximate surface area is 86.1 Å². The van der Waals surface area contributed by atoms with Gasteiger partial charge in [-0.25, -0.2) is 0 Å². The molecule has 1 aromatic carbocycles. The van der Waals surface area contributed by atoms with E-state index in [1.54, 1.807) is 0 Å². The van der Waals surface area contributed by atoms with Crippen molar-refractivity contribution in [1.82, 2.24) is 0 Å². The van der Waals surface area contributed by atoms with Gasteiger partial charge in [0, 0.05) is 0 Å². The zero-order valence-electron chi connectivity index (χ0n) is 7.98. The van der Waals surface area contributed by atoms with E-state index in [4.69, 9.17) is 15.7 Å². The fraction of sp³-hybridized carbons (Fsp3) is 0.100. The highest BCUT2D eigenvalue weighted by atomic mass is 16.5. The van der Waals surface area contributed by atoms with Crippen LogP contribution in [0.1, 0.15) is 26.3 Å². The Bertz CT molecular complexity index is 460. The fourth-order valence-electron chi connectivity index (χ4n) is 1.24. The quantitative estimate of drug-likeness (QED) is 0.724. The highest BCUT2D eigenvalue weighted by molar-refractivity contribution is 6.02. The van der Waals surface area contributed by atoms with E-state index in [0.717, 1.165) is 0 Å². The third kappa shape index (κ3) is 1.79. The van der Waals surface area contributed by atoms with Crippen LogP contribution in [0.3, 0.4) is 0 Å². The molecule has 0 aliphatic carbocycles. The first-order chi connectivity index (χ1) is 7.15. The van der Waals surface area contributed by atoms with Crippen molar-refractivity contribution in [1.29, 1.82) is 5.26 Å². The molecule has 1 aromatic rings. The summed E-state index contributed by atoms with van der Waals surface area (Å²) >= 11 is 0. The van der Waals surface area contributed by atoms with Crippen LogP contribution in [0, 0.1) is 11.3 Å². The maximum atomic E-state index is 11.0. The van der Waals surface area contributed by atoms with Gasteiger partial charge in [0.2, 0.25) is 5.91 Å². The maximum Gasteiger partial charge on any atom is 0.249 e. The molecule has 0 fully saturated rings. The number of rotatable bonds is 3. The molecule has 0 atom stereocenters. The molecule has 0 aliphatic rings. The van der Waals surface area contributed by atoms with Gasteiger partial charge in [-0.3, -0.25) is 9.59 Å². The highest BCUT2D eigenvalue weighted by Crippen LogP contribution is 2.24. The van der Waals surface area contributed by atoms with Gasteiger partial charge >= 0.3 is 0 Å². The number of hydrogen-bond acceptors (Lipinski definition) is 4. The largest absolute Gasteiger partial charge is 0.495 e. The van der Waals surface area contributed by atoms with Crippen molar-refractivity contribution in [2.24, 2.45) is 5.73 Å². The van der Waals surface area contributed by atoms with Gasteiger partial charge in [0.25, 0.3) is 0 Å². The topological polar surface area (TPSA) is 93.2 Å². The Hall–Kier alpha value is -2.35. The molecular weight excluding hydrogens is 196 g/mol.